The van der Waals surface area contributed by atoms with E-state index in [4.69, 9.17) is 0 Å². The van der Waals surface area contributed by atoms with E-state index < -0.39 is 0 Å². The van der Waals surface area contributed by atoms with Crippen LogP contribution in [0.2, 0.25) is 0 Å². The molecule has 0 amide bonds. The van der Waals surface area contributed by atoms with Crippen molar-refractivity contribution in [2.45, 2.75) is 13.5 Å². The summed E-state index contributed by atoms with van der Waals surface area (Å²) in [4.78, 5) is 2.43. The molecule has 0 aliphatic carbocycles. The van der Waals surface area contributed by atoms with Crippen molar-refractivity contribution in [3.8, 4) is 11.5 Å². The van der Waals surface area contributed by atoms with Crippen molar-refractivity contribution in [2.75, 3.05) is 26.2 Å². The highest BCUT2D eigenvalue weighted by molar-refractivity contribution is 5.80. The highest BCUT2D eigenvalue weighted by Gasteiger charge is 2.15. The molecule has 1 saturated heterocycles. The summed E-state index contributed by atoms with van der Waals surface area (Å²) < 4.78 is 0. The quantitative estimate of drug-likeness (QED) is 0.670. The Morgan fingerprint density at radius 3 is 2.33 bits per heavy atom. The molecule has 126 valence electrons. The van der Waals surface area contributed by atoms with Gasteiger partial charge >= 0.3 is 0 Å². The summed E-state index contributed by atoms with van der Waals surface area (Å²) in [6.07, 6.45) is 1.72. The van der Waals surface area contributed by atoms with Crippen LogP contribution in [0.15, 0.2) is 47.6 Å². The van der Waals surface area contributed by atoms with Gasteiger partial charge in [-0.15, -0.1) is 0 Å². The number of phenolic OH excluding ortho intramolecular Hbond substituents is 2. The first kappa shape index (κ1) is 16.3. The van der Waals surface area contributed by atoms with Crippen LogP contribution in [0, 0.1) is 6.92 Å². The zero-order valence-corrected chi connectivity index (χ0v) is 13.9. The molecule has 0 saturated carbocycles. The number of rotatable bonds is 4. The van der Waals surface area contributed by atoms with Gasteiger partial charge in [-0.05, 0) is 36.2 Å². The minimum Gasteiger partial charge on any atom is -0.504 e. The molecular formula is C19H23N3O2. The van der Waals surface area contributed by atoms with Crippen molar-refractivity contribution in [1.29, 1.82) is 0 Å². The molecule has 2 N–H and O–H groups in total. The second-order valence-electron chi connectivity index (χ2n) is 6.21. The minimum atomic E-state index is -0.123. The standard InChI is InChI=1S/C19H23N3O2/c1-15-2-4-16(5-3-15)14-21-8-10-22(11-9-21)20-13-17-6-7-18(23)19(24)12-17/h2-7,12-13,23-24H,8-11,14H2,1H3/b20-13-. The van der Waals surface area contributed by atoms with Crippen LogP contribution < -0.4 is 0 Å². The molecule has 1 aliphatic rings. The molecule has 2 aromatic carbocycles. The lowest BCUT2D eigenvalue weighted by Gasteiger charge is -2.33. The molecule has 0 unspecified atom stereocenters. The molecular weight excluding hydrogens is 302 g/mol. The van der Waals surface area contributed by atoms with Crippen LogP contribution in [0.1, 0.15) is 16.7 Å². The third kappa shape index (κ3) is 4.26. The molecule has 1 heterocycles. The smallest absolute Gasteiger partial charge is 0.158 e. The van der Waals surface area contributed by atoms with E-state index >= 15 is 0 Å². The molecule has 0 radical (unpaired) electrons. The van der Waals surface area contributed by atoms with Crippen LogP contribution >= 0.6 is 0 Å². The molecule has 0 spiro atoms. The van der Waals surface area contributed by atoms with E-state index in [-0.39, 0.29) is 11.5 Å². The lowest BCUT2D eigenvalue weighted by Crippen LogP contribution is -2.43. The summed E-state index contributed by atoms with van der Waals surface area (Å²) >= 11 is 0. The lowest BCUT2D eigenvalue weighted by atomic mass is 10.1. The number of hydrazone groups is 1. The van der Waals surface area contributed by atoms with Crippen molar-refractivity contribution in [3.05, 3.63) is 59.2 Å². The Balaban J connectivity index is 1.50. The van der Waals surface area contributed by atoms with E-state index in [2.05, 4.69) is 41.2 Å². The number of aryl methyl sites for hydroxylation is 1. The Morgan fingerprint density at radius 2 is 1.67 bits per heavy atom. The maximum absolute atomic E-state index is 9.50. The van der Waals surface area contributed by atoms with Crippen molar-refractivity contribution in [3.63, 3.8) is 0 Å². The third-order valence-electron chi connectivity index (χ3n) is 4.25. The average Bonchev–Trinajstić information content (AvgIpc) is 2.59. The van der Waals surface area contributed by atoms with Gasteiger partial charge in [0.2, 0.25) is 0 Å². The van der Waals surface area contributed by atoms with E-state index in [0.29, 0.717) is 0 Å². The van der Waals surface area contributed by atoms with E-state index in [1.165, 1.54) is 23.3 Å². The highest BCUT2D eigenvalue weighted by atomic mass is 16.3. The van der Waals surface area contributed by atoms with Gasteiger partial charge in [-0.1, -0.05) is 29.8 Å². The SMILES string of the molecule is Cc1ccc(CN2CCN(/N=C\c3ccc(O)c(O)c3)CC2)cc1. The molecule has 5 heteroatoms. The molecule has 5 nitrogen and oxygen atoms in total. The van der Waals surface area contributed by atoms with Gasteiger partial charge in [0, 0.05) is 32.7 Å². The molecule has 1 aliphatic heterocycles. The largest absolute Gasteiger partial charge is 0.504 e. The molecule has 3 rings (SSSR count). The number of phenols is 2. The zero-order chi connectivity index (χ0) is 16.9. The Labute approximate surface area is 142 Å². The van der Waals surface area contributed by atoms with Crippen LogP contribution in [0.4, 0.5) is 0 Å². The highest BCUT2D eigenvalue weighted by Crippen LogP contribution is 2.24. The van der Waals surface area contributed by atoms with Crippen LogP contribution in [-0.4, -0.2) is 52.5 Å². The molecule has 0 aromatic heterocycles. The molecule has 2 aromatic rings. The number of aromatic hydroxyl groups is 2. The summed E-state index contributed by atoms with van der Waals surface area (Å²) in [5.74, 6) is -0.237. The topological polar surface area (TPSA) is 59.3 Å². The Hall–Kier alpha value is -2.53. The lowest BCUT2D eigenvalue weighted by molar-refractivity contribution is 0.131. The molecule has 0 bridgehead atoms. The first-order valence-electron chi connectivity index (χ1n) is 8.19. The minimum absolute atomic E-state index is 0.114. The summed E-state index contributed by atoms with van der Waals surface area (Å²) in [5, 5.41) is 25.3. The predicted molar refractivity (Wildman–Crippen MR) is 95.4 cm³/mol. The second kappa shape index (κ2) is 7.36. The number of nitrogens with zero attached hydrogens (tertiary/aromatic N) is 3. The van der Waals surface area contributed by atoms with Crippen molar-refractivity contribution in [1.82, 2.24) is 9.91 Å². The summed E-state index contributed by atoms with van der Waals surface area (Å²) in [6, 6.07) is 13.4. The monoisotopic (exact) mass is 325 g/mol. The van der Waals surface area contributed by atoms with Gasteiger partial charge in [0.1, 0.15) is 0 Å². The van der Waals surface area contributed by atoms with E-state index in [9.17, 15) is 10.2 Å². The number of piperazine rings is 1. The van der Waals surface area contributed by atoms with Crippen LogP contribution in [0.25, 0.3) is 0 Å². The first-order valence-corrected chi connectivity index (χ1v) is 8.19. The zero-order valence-electron chi connectivity index (χ0n) is 13.9. The van der Waals surface area contributed by atoms with Crippen molar-refractivity contribution >= 4 is 6.21 Å². The second-order valence-corrected chi connectivity index (χ2v) is 6.21. The fourth-order valence-corrected chi connectivity index (χ4v) is 2.73. The predicted octanol–water partition coefficient (Wildman–Crippen LogP) is 2.56. The van der Waals surface area contributed by atoms with Gasteiger partial charge in [0.05, 0.1) is 6.21 Å². The van der Waals surface area contributed by atoms with Gasteiger partial charge in [0.25, 0.3) is 0 Å². The molecule has 1 fully saturated rings. The average molecular weight is 325 g/mol. The summed E-state index contributed by atoms with van der Waals surface area (Å²) in [6.45, 7) is 6.80. The fraction of sp³-hybridized carbons (Fsp3) is 0.316. The molecule has 0 atom stereocenters. The van der Waals surface area contributed by atoms with Gasteiger partial charge in [-0.3, -0.25) is 9.91 Å². The summed E-state index contributed by atoms with van der Waals surface area (Å²) in [7, 11) is 0. The number of hydrogen-bond acceptors (Lipinski definition) is 5. The van der Waals surface area contributed by atoms with E-state index in [0.717, 1.165) is 38.3 Å². The first-order chi connectivity index (χ1) is 11.6. The van der Waals surface area contributed by atoms with Crippen LogP contribution in [0.3, 0.4) is 0 Å². The Bertz CT molecular complexity index is 705. The van der Waals surface area contributed by atoms with Gasteiger partial charge < -0.3 is 10.2 Å². The van der Waals surface area contributed by atoms with E-state index in [1.54, 1.807) is 12.3 Å². The normalized spacial score (nSPS) is 16.0. The van der Waals surface area contributed by atoms with Crippen LogP contribution in [0.5, 0.6) is 11.5 Å². The maximum Gasteiger partial charge on any atom is 0.158 e. The van der Waals surface area contributed by atoms with Crippen LogP contribution in [-0.2, 0) is 6.54 Å². The van der Waals surface area contributed by atoms with Gasteiger partial charge in [0.15, 0.2) is 11.5 Å². The number of benzene rings is 2. The van der Waals surface area contributed by atoms with Crippen molar-refractivity contribution < 1.29 is 10.2 Å². The van der Waals surface area contributed by atoms with E-state index in [1.807, 2.05) is 5.01 Å². The number of hydrogen-bond donors (Lipinski definition) is 2. The summed E-state index contributed by atoms with van der Waals surface area (Å²) in [5.41, 5.74) is 3.41. The third-order valence-corrected chi connectivity index (χ3v) is 4.25. The van der Waals surface area contributed by atoms with Gasteiger partial charge in [-0.25, -0.2) is 0 Å². The maximum atomic E-state index is 9.50. The van der Waals surface area contributed by atoms with Crippen molar-refractivity contribution in [2.24, 2.45) is 5.10 Å². The Morgan fingerprint density at radius 1 is 0.958 bits per heavy atom. The molecule has 24 heavy (non-hydrogen) atoms. The fourth-order valence-electron chi connectivity index (χ4n) is 2.73. The van der Waals surface area contributed by atoms with Gasteiger partial charge in [-0.2, -0.15) is 5.10 Å². The Kier molecular flexibility index (Phi) is 5.01.